The molecule has 1 unspecified atom stereocenters. The molecule has 0 spiro atoms. The van der Waals surface area contributed by atoms with E-state index in [2.05, 4.69) is 5.32 Å². The maximum Gasteiger partial charge on any atom is 0.303 e. The SMILES string of the molecule is CCCOc1cccc(C(=O)NCC(C)CC(=O)O)c1. The molecule has 0 aliphatic heterocycles. The lowest BCUT2D eigenvalue weighted by atomic mass is 10.1. The molecule has 0 aromatic heterocycles. The lowest BCUT2D eigenvalue weighted by Crippen LogP contribution is -2.29. The summed E-state index contributed by atoms with van der Waals surface area (Å²) in [7, 11) is 0. The molecule has 110 valence electrons. The van der Waals surface area contributed by atoms with Gasteiger partial charge in [-0.2, -0.15) is 0 Å². The van der Waals surface area contributed by atoms with Crippen LogP contribution in [0.1, 0.15) is 37.0 Å². The molecule has 0 saturated carbocycles. The average molecular weight is 279 g/mol. The normalized spacial score (nSPS) is 11.7. The minimum absolute atomic E-state index is 0.0416. The summed E-state index contributed by atoms with van der Waals surface area (Å²) >= 11 is 0. The van der Waals surface area contributed by atoms with Gasteiger partial charge in [0.25, 0.3) is 5.91 Å². The molecule has 20 heavy (non-hydrogen) atoms. The molecule has 5 nitrogen and oxygen atoms in total. The van der Waals surface area contributed by atoms with Gasteiger partial charge in [0, 0.05) is 18.5 Å². The van der Waals surface area contributed by atoms with Crippen molar-refractivity contribution in [2.45, 2.75) is 26.7 Å². The molecular weight excluding hydrogens is 258 g/mol. The summed E-state index contributed by atoms with van der Waals surface area (Å²) < 4.78 is 5.47. The lowest BCUT2D eigenvalue weighted by Gasteiger charge is -2.11. The molecule has 1 aromatic carbocycles. The van der Waals surface area contributed by atoms with Crippen LogP contribution in [-0.2, 0) is 4.79 Å². The van der Waals surface area contributed by atoms with Gasteiger partial charge in [0.15, 0.2) is 0 Å². The molecule has 2 N–H and O–H groups in total. The fourth-order valence-electron chi connectivity index (χ4n) is 1.69. The van der Waals surface area contributed by atoms with Crippen LogP contribution in [0.4, 0.5) is 0 Å². The maximum atomic E-state index is 11.9. The number of carboxylic acids is 1. The van der Waals surface area contributed by atoms with Crippen molar-refractivity contribution in [1.82, 2.24) is 5.32 Å². The van der Waals surface area contributed by atoms with Crippen LogP contribution in [0.3, 0.4) is 0 Å². The van der Waals surface area contributed by atoms with E-state index in [1.165, 1.54) is 0 Å². The highest BCUT2D eigenvalue weighted by Gasteiger charge is 2.11. The zero-order valence-electron chi connectivity index (χ0n) is 11.9. The Balaban J connectivity index is 2.52. The third kappa shape index (κ3) is 5.73. The quantitative estimate of drug-likeness (QED) is 0.765. The summed E-state index contributed by atoms with van der Waals surface area (Å²) in [5.41, 5.74) is 0.515. The van der Waals surface area contributed by atoms with E-state index in [0.717, 1.165) is 6.42 Å². The highest BCUT2D eigenvalue weighted by molar-refractivity contribution is 5.94. The number of hydrogen-bond acceptors (Lipinski definition) is 3. The number of hydrogen-bond donors (Lipinski definition) is 2. The molecule has 0 aliphatic rings. The molecule has 1 rings (SSSR count). The van der Waals surface area contributed by atoms with Crippen LogP contribution in [0.2, 0.25) is 0 Å². The highest BCUT2D eigenvalue weighted by atomic mass is 16.5. The third-order valence-electron chi connectivity index (χ3n) is 2.70. The number of benzene rings is 1. The molecule has 0 saturated heterocycles. The van der Waals surface area contributed by atoms with Crippen molar-refractivity contribution in [3.8, 4) is 5.75 Å². The molecule has 0 aliphatic carbocycles. The van der Waals surface area contributed by atoms with Crippen LogP contribution in [-0.4, -0.2) is 30.1 Å². The summed E-state index contributed by atoms with van der Waals surface area (Å²) in [5.74, 6) is -0.514. The predicted molar refractivity (Wildman–Crippen MR) is 76.0 cm³/mol. The van der Waals surface area contributed by atoms with Crippen molar-refractivity contribution in [2.24, 2.45) is 5.92 Å². The first-order chi connectivity index (χ1) is 9.52. The number of carbonyl (C=O) groups excluding carboxylic acids is 1. The van der Waals surface area contributed by atoms with Crippen LogP contribution < -0.4 is 10.1 Å². The fraction of sp³-hybridized carbons (Fsp3) is 0.467. The monoisotopic (exact) mass is 279 g/mol. The van der Waals surface area contributed by atoms with Crippen molar-refractivity contribution in [1.29, 1.82) is 0 Å². The minimum atomic E-state index is -0.860. The summed E-state index contributed by atoms with van der Waals surface area (Å²) in [6, 6.07) is 6.96. The van der Waals surface area contributed by atoms with Gasteiger partial charge in [-0.3, -0.25) is 9.59 Å². The molecular formula is C15H21NO4. The Bertz CT molecular complexity index is 459. The molecule has 5 heteroatoms. The molecule has 1 atom stereocenters. The molecule has 1 amide bonds. The van der Waals surface area contributed by atoms with Gasteiger partial charge in [0.05, 0.1) is 6.61 Å². The Morgan fingerprint density at radius 3 is 2.80 bits per heavy atom. The van der Waals surface area contributed by atoms with Crippen molar-refractivity contribution >= 4 is 11.9 Å². The third-order valence-corrected chi connectivity index (χ3v) is 2.70. The van der Waals surface area contributed by atoms with Crippen LogP contribution in [0.15, 0.2) is 24.3 Å². The number of carbonyl (C=O) groups is 2. The zero-order chi connectivity index (χ0) is 15.0. The van der Waals surface area contributed by atoms with Crippen LogP contribution in [0.25, 0.3) is 0 Å². The molecule has 0 heterocycles. The smallest absolute Gasteiger partial charge is 0.303 e. The van der Waals surface area contributed by atoms with E-state index in [4.69, 9.17) is 9.84 Å². The summed E-state index contributed by atoms with van der Waals surface area (Å²) in [4.78, 5) is 22.5. The van der Waals surface area contributed by atoms with Crippen molar-refractivity contribution in [3.05, 3.63) is 29.8 Å². The summed E-state index contributed by atoms with van der Waals surface area (Å²) in [6.45, 7) is 4.75. The number of rotatable bonds is 8. The molecule has 0 radical (unpaired) electrons. The first kappa shape index (κ1) is 16.0. The first-order valence-electron chi connectivity index (χ1n) is 6.75. The first-order valence-corrected chi connectivity index (χ1v) is 6.75. The van der Waals surface area contributed by atoms with E-state index in [-0.39, 0.29) is 18.2 Å². The van der Waals surface area contributed by atoms with Gasteiger partial charge in [-0.05, 0) is 30.5 Å². The van der Waals surface area contributed by atoms with E-state index >= 15 is 0 Å². The van der Waals surface area contributed by atoms with Crippen LogP contribution in [0.5, 0.6) is 5.75 Å². The van der Waals surface area contributed by atoms with Crippen LogP contribution in [0, 0.1) is 5.92 Å². The number of ether oxygens (including phenoxy) is 1. The second-order valence-corrected chi connectivity index (χ2v) is 4.79. The van der Waals surface area contributed by atoms with Gasteiger partial charge in [0.1, 0.15) is 5.75 Å². The predicted octanol–water partition coefficient (Wildman–Crippen LogP) is 2.32. The van der Waals surface area contributed by atoms with Gasteiger partial charge in [-0.1, -0.05) is 19.9 Å². The van der Waals surface area contributed by atoms with Crippen molar-refractivity contribution < 1.29 is 19.4 Å². The Labute approximate surface area is 118 Å². The largest absolute Gasteiger partial charge is 0.494 e. The zero-order valence-corrected chi connectivity index (χ0v) is 11.9. The summed E-state index contributed by atoms with van der Waals surface area (Å²) in [5, 5.41) is 11.4. The molecule has 0 fully saturated rings. The maximum absolute atomic E-state index is 11.9. The number of carboxylic acid groups (broad SMARTS) is 1. The molecule has 0 bridgehead atoms. The number of nitrogens with one attached hydrogen (secondary N) is 1. The Hall–Kier alpha value is -2.04. The second-order valence-electron chi connectivity index (χ2n) is 4.79. The van der Waals surface area contributed by atoms with E-state index < -0.39 is 5.97 Å². The standard InChI is InChI=1S/C15H21NO4/c1-3-7-20-13-6-4-5-12(9-13)15(19)16-10-11(2)8-14(17)18/h4-6,9,11H,3,7-8,10H2,1-2H3,(H,16,19)(H,17,18). The van der Waals surface area contributed by atoms with Gasteiger partial charge in [0.2, 0.25) is 0 Å². The number of aliphatic carboxylic acids is 1. The lowest BCUT2D eigenvalue weighted by molar-refractivity contribution is -0.137. The van der Waals surface area contributed by atoms with E-state index in [1.807, 2.05) is 6.92 Å². The van der Waals surface area contributed by atoms with Crippen molar-refractivity contribution in [2.75, 3.05) is 13.2 Å². The minimum Gasteiger partial charge on any atom is -0.494 e. The van der Waals surface area contributed by atoms with E-state index in [1.54, 1.807) is 31.2 Å². The summed E-state index contributed by atoms with van der Waals surface area (Å²) in [6.07, 6.45) is 0.947. The van der Waals surface area contributed by atoms with Gasteiger partial charge >= 0.3 is 5.97 Å². The number of amides is 1. The Morgan fingerprint density at radius 1 is 1.40 bits per heavy atom. The Morgan fingerprint density at radius 2 is 2.15 bits per heavy atom. The van der Waals surface area contributed by atoms with Gasteiger partial charge < -0.3 is 15.2 Å². The topological polar surface area (TPSA) is 75.6 Å². The van der Waals surface area contributed by atoms with Gasteiger partial charge in [-0.25, -0.2) is 0 Å². The molecule has 1 aromatic rings. The average Bonchev–Trinajstić information content (AvgIpc) is 2.42. The Kier molecular flexibility index (Phi) is 6.56. The van der Waals surface area contributed by atoms with E-state index in [0.29, 0.717) is 24.5 Å². The second kappa shape index (κ2) is 8.19. The fourth-order valence-corrected chi connectivity index (χ4v) is 1.69. The van der Waals surface area contributed by atoms with Crippen molar-refractivity contribution in [3.63, 3.8) is 0 Å². The van der Waals surface area contributed by atoms with Crippen LogP contribution >= 0.6 is 0 Å². The van der Waals surface area contributed by atoms with E-state index in [9.17, 15) is 9.59 Å². The van der Waals surface area contributed by atoms with Gasteiger partial charge in [-0.15, -0.1) is 0 Å². The highest BCUT2D eigenvalue weighted by Crippen LogP contribution is 2.13.